The first kappa shape index (κ1) is 8.63. The Hall–Kier alpha value is -1.37. The van der Waals surface area contributed by atoms with Gasteiger partial charge < -0.3 is 10.4 Å². The van der Waals surface area contributed by atoms with E-state index >= 15 is 0 Å². The van der Waals surface area contributed by atoms with Crippen LogP contribution < -0.4 is 5.32 Å². The molecule has 0 radical (unpaired) electrons. The van der Waals surface area contributed by atoms with Gasteiger partial charge in [-0.3, -0.25) is 4.79 Å². The highest BCUT2D eigenvalue weighted by atomic mass is 16.7. The topological polar surface area (TPSA) is 95.7 Å². The van der Waals surface area contributed by atoms with E-state index in [1.807, 2.05) is 5.32 Å². The number of amides is 1. The number of carbonyl (C=O) groups is 1. The van der Waals surface area contributed by atoms with Crippen molar-refractivity contribution in [3.05, 3.63) is 10.1 Å². The Morgan fingerprint density at radius 2 is 2.40 bits per heavy atom. The summed E-state index contributed by atoms with van der Waals surface area (Å²) in [6, 6.07) is 0. The molecule has 0 unspecified atom stereocenters. The standard InChI is InChI=1S/C3H7N3O4/c7-2-4-1-5(3-8)6(9)10/h2,8H,1,3H2,(H,4,7). The van der Waals surface area contributed by atoms with Crippen LogP contribution in [0, 0.1) is 10.1 Å². The van der Waals surface area contributed by atoms with Gasteiger partial charge in [-0.05, 0) is 0 Å². The van der Waals surface area contributed by atoms with Crippen LogP contribution in [-0.2, 0) is 4.79 Å². The molecule has 0 aliphatic heterocycles. The first-order chi connectivity index (χ1) is 4.72. The van der Waals surface area contributed by atoms with Gasteiger partial charge in [0.2, 0.25) is 6.41 Å². The molecule has 0 heterocycles. The highest BCUT2D eigenvalue weighted by Crippen LogP contribution is 1.80. The lowest BCUT2D eigenvalue weighted by Gasteiger charge is -2.08. The molecule has 0 saturated carbocycles. The molecule has 0 atom stereocenters. The molecule has 0 aliphatic rings. The fourth-order valence-electron chi connectivity index (χ4n) is 0.302. The predicted molar refractivity (Wildman–Crippen MR) is 30.0 cm³/mol. The second-order valence-corrected chi connectivity index (χ2v) is 1.37. The lowest BCUT2D eigenvalue weighted by atomic mass is 10.9. The van der Waals surface area contributed by atoms with E-state index in [2.05, 4.69) is 0 Å². The normalized spacial score (nSPS) is 8.50. The average Bonchev–Trinajstić information content (AvgIpc) is 1.89. The molecule has 0 aromatic carbocycles. The molecule has 0 aliphatic carbocycles. The first-order valence-corrected chi connectivity index (χ1v) is 2.39. The van der Waals surface area contributed by atoms with Gasteiger partial charge >= 0.3 is 0 Å². The number of hydrogen-bond donors (Lipinski definition) is 2. The van der Waals surface area contributed by atoms with Crippen LogP contribution in [0.4, 0.5) is 0 Å². The highest BCUT2D eigenvalue weighted by molar-refractivity contribution is 5.45. The summed E-state index contributed by atoms with van der Waals surface area (Å²) in [4.78, 5) is 19.5. The van der Waals surface area contributed by atoms with Crippen LogP contribution in [0.2, 0.25) is 0 Å². The van der Waals surface area contributed by atoms with Gasteiger partial charge in [-0.2, -0.15) is 0 Å². The molecular formula is C3H7N3O4. The summed E-state index contributed by atoms with van der Waals surface area (Å²) in [7, 11) is 0. The lowest BCUT2D eigenvalue weighted by Crippen LogP contribution is -2.38. The van der Waals surface area contributed by atoms with Crippen molar-refractivity contribution in [3.63, 3.8) is 0 Å². The SMILES string of the molecule is O=CNCN(CO)[N+](=O)[O-]. The van der Waals surface area contributed by atoms with Gasteiger partial charge in [0.15, 0.2) is 18.4 Å². The molecule has 7 nitrogen and oxygen atoms in total. The fourth-order valence-corrected chi connectivity index (χ4v) is 0.302. The zero-order valence-electron chi connectivity index (χ0n) is 5.06. The molecule has 10 heavy (non-hydrogen) atoms. The van der Waals surface area contributed by atoms with Crippen LogP contribution >= 0.6 is 0 Å². The Morgan fingerprint density at radius 3 is 2.70 bits per heavy atom. The van der Waals surface area contributed by atoms with E-state index < -0.39 is 11.8 Å². The Balaban J connectivity index is 3.60. The summed E-state index contributed by atoms with van der Waals surface area (Å²) in [5.74, 6) is 0. The van der Waals surface area contributed by atoms with Gasteiger partial charge in [0, 0.05) is 0 Å². The van der Waals surface area contributed by atoms with E-state index in [0.29, 0.717) is 11.4 Å². The van der Waals surface area contributed by atoms with Crippen LogP contribution in [0.25, 0.3) is 0 Å². The summed E-state index contributed by atoms with van der Waals surface area (Å²) in [6.07, 6.45) is 0.312. The van der Waals surface area contributed by atoms with Crippen molar-refractivity contribution < 1.29 is 14.9 Å². The monoisotopic (exact) mass is 149 g/mol. The summed E-state index contributed by atoms with van der Waals surface area (Å²) in [6.45, 7) is -1.03. The number of nitrogens with one attached hydrogen (secondary N) is 1. The molecule has 1 amide bonds. The number of hydrogen-bond acceptors (Lipinski definition) is 4. The van der Waals surface area contributed by atoms with Gasteiger partial charge in [0.05, 0.1) is 0 Å². The van der Waals surface area contributed by atoms with Crippen molar-refractivity contribution in [2.75, 3.05) is 13.4 Å². The third kappa shape index (κ3) is 2.82. The Kier molecular flexibility index (Phi) is 3.89. The Labute approximate surface area is 56.4 Å². The summed E-state index contributed by atoms with van der Waals surface area (Å²) in [5, 5.41) is 19.8. The smallest absolute Gasteiger partial charge is 0.208 e. The zero-order chi connectivity index (χ0) is 7.98. The highest BCUT2D eigenvalue weighted by Gasteiger charge is 2.09. The van der Waals surface area contributed by atoms with E-state index in [9.17, 15) is 14.9 Å². The van der Waals surface area contributed by atoms with Crippen LogP contribution in [0.1, 0.15) is 0 Å². The molecule has 0 aromatic rings. The van der Waals surface area contributed by atoms with Crippen LogP contribution in [0.15, 0.2) is 0 Å². The van der Waals surface area contributed by atoms with Crippen LogP contribution in [-0.4, -0.2) is 35.0 Å². The van der Waals surface area contributed by atoms with E-state index in [0.717, 1.165) is 0 Å². The molecule has 2 N–H and O–H groups in total. The van der Waals surface area contributed by atoms with E-state index in [-0.39, 0.29) is 6.67 Å². The van der Waals surface area contributed by atoms with Crippen LogP contribution in [0.3, 0.4) is 0 Å². The third-order valence-corrected chi connectivity index (χ3v) is 0.751. The molecular weight excluding hydrogens is 142 g/mol. The van der Waals surface area contributed by atoms with E-state index in [1.165, 1.54) is 0 Å². The molecule has 0 spiro atoms. The van der Waals surface area contributed by atoms with Gasteiger partial charge in [-0.25, -0.2) is 10.1 Å². The van der Waals surface area contributed by atoms with Crippen molar-refractivity contribution in [3.8, 4) is 0 Å². The van der Waals surface area contributed by atoms with Gasteiger partial charge in [-0.15, -0.1) is 0 Å². The van der Waals surface area contributed by atoms with E-state index in [1.54, 1.807) is 0 Å². The summed E-state index contributed by atoms with van der Waals surface area (Å²) < 4.78 is 0. The van der Waals surface area contributed by atoms with Gasteiger partial charge in [0.1, 0.15) is 0 Å². The molecule has 58 valence electrons. The van der Waals surface area contributed by atoms with Crippen molar-refractivity contribution >= 4 is 6.41 Å². The minimum atomic E-state index is -0.809. The second-order valence-electron chi connectivity index (χ2n) is 1.37. The Morgan fingerprint density at radius 1 is 1.80 bits per heavy atom. The summed E-state index contributed by atoms with van der Waals surface area (Å²) >= 11 is 0. The summed E-state index contributed by atoms with van der Waals surface area (Å²) in [5.41, 5.74) is 0. The van der Waals surface area contributed by atoms with Crippen LogP contribution in [0.5, 0.6) is 0 Å². The molecule has 0 aromatic heterocycles. The van der Waals surface area contributed by atoms with Gasteiger partial charge in [-0.1, -0.05) is 5.01 Å². The van der Waals surface area contributed by atoms with Crippen molar-refractivity contribution in [2.24, 2.45) is 0 Å². The molecule has 0 fully saturated rings. The lowest BCUT2D eigenvalue weighted by molar-refractivity contribution is -0.664. The van der Waals surface area contributed by atoms with Crippen molar-refractivity contribution in [2.45, 2.75) is 0 Å². The maximum absolute atomic E-state index is 9.85. The zero-order valence-corrected chi connectivity index (χ0v) is 5.06. The fraction of sp³-hybridized carbons (Fsp3) is 0.667. The number of aliphatic hydroxyl groups is 1. The quantitative estimate of drug-likeness (QED) is 0.207. The Bertz CT molecular complexity index is 127. The largest absolute Gasteiger partial charge is 0.371 e. The number of rotatable bonds is 5. The number of nitro groups is 1. The number of nitrogens with zero attached hydrogens (tertiary/aromatic N) is 2. The average molecular weight is 149 g/mol. The minimum Gasteiger partial charge on any atom is -0.371 e. The second kappa shape index (κ2) is 4.50. The number of aliphatic hydroxyl groups excluding tert-OH is 1. The maximum atomic E-state index is 9.85. The predicted octanol–water partition coefficient (Wildman–Crippen LogP) is -1.87. The number of carbonyl (C=O) groups excluding carboxylic acids is 1. The molecule has 7 heteroatoms. The number of hydrazine groups is 1. The van der Waals surface area contributed by atoms with Crippen molar-refractivity contribution in [1.82, 2.24) is 10.3 Å². The first-order valence-electron chi connectivity index (χ1n) is 2.39. The molecule has 0 bridgehead atoms. The van der Waals surface area contributed by atoms with Gasteiger partial charge in [0.25, 0.3) is 0 Å². The minimum absolute atomic E-state index is 0.299. The maximum Gasteiger partial charge on any atom is 0.208 e. The van der Waals surface area contributed by atoms with E-state index in [4.69, 9.17) is 5.11 Å². The third-order valence-electron chi connectivity index (χ3n) is 0.751. The molecule has 0 saturated heterocycles. The molecule has 0 rings (SSSR count). The van der Waals surface area contributed by atoms with Crippen molar-refractivity contribution in [1.29, 1.82) is 0 Å².